The maximum absolute atomic E-state index is 13.0. The number of aliphatic hydroxyl groups is 1. The Morgan fingerprint density at radius 2 is 2.19 bits per heavy atom. The van der Waals surface area contributed by atoms with E-state index in [4.69, 9.17) is 16.7 Å². The van der Waals surface area contributed by atoms with Crippen molar-refractivity contribution in [3.05, 3.63) is 34.6 Å². The molecule has 1 aromatic carbocycles. The number of benzene rings is 1. The van der Waals surface area contributed by atoms with E-state index in [9.17, 15) is 9.18 Å². The molecule has 0 atom stereocenters. The predicted molar refractivity (Wildman–Crippen MR) is 60.1 cm³/mol. The first-order valence-corrected chi connectivity index (χ1v) is 5.37. The van der Waals surface area contributed by atoms with Crippen molar-refractivity contribution in [2.75, 3.05) is 13.2 Å². The highest BCUT2D eigenvalue weighted by Crippen LogP contribution is 2.15. The predicted octanol–water partition coefficient (Wildman–Crippen LogP) is 1.98. The Balaban J connectivity index is 2.50. The van der Waals surface area contributed by atoms with E-state index < -0.39 is 5.82 Å². The van der Waals surface area contributed by atoms with Gasteiger partial charge < -0.3 is 10.4 Å². The third kappa shape index (κ3) is 3.79. The minimum Gasteiger partial charge on any atom is -0.396 e. The van der Waals surface area contributed by atoms with Crippen molar-refractivity contribution in [1.29, 1.82) is 0 Å². The number of unbranched alkanes of at least 4 members (excludes halogenated alkanes) is 1. The molecule has 88 valence electrons. The summed E-state index contributed by atoms with van der Waals surface area (Å²) in [5, 5.41) is 11.2. The molecule has 0 spiro atoms. The quantitative estimate of drug-likeness (QED) is 0.780. The second-order valence-corrected chi connectivity index (χ2v) is 3.72. The molecule has 0 radical (unpaired) electrons. The number of hydrogen-bond donors (Lipinski definition) is 2. The molecular weight excluding hydrogens is 233 g/mol. The Hall–Kier alpha value is -1.13. The number of aliphatic hydroxyl groups excluding tert-OH is 1. The third-order valence-corrected chi connectivity index (χ3v) is 2.36. The van der Waals surface area contributed by atoms with Gasteiger partial charge in [-0.25, -0.2) is 4.39 Å². The number of rotatable bonds is 5. The lowest BCUT2D eigenvalue weighted by atomic mass is 10.2. The van der Waals surface area contributed by atoms with Crippen molar-refractivity contribution >= 4 is 17.5 Å². The highest BCUT2D eigenvalue weighted by molar-refractivity contribution is 6.30. The molecule has 1 amide bonds. The highest BCUT2D eigenvalue weighted by Gasteiger charge is 2.07. The van der Waals surface area contributed by atoms with Crippen LogP contribution in [-0.2, 0) is 0 Å². The fourth-order valence-corrected chi connectivity index (χ4v) is 1.30. The standard InChI is InChI=1S/C11H13ClFNO2/c12-9-4-3-8(7-10(9)13)11(16)14-5-1-2-6-15/h3-4,7,15H,1-2,5-6H2,(H,14,16). The summed E-state index contributed by atoms with van der Waals surface area (Å²) in [6.07, 6.45) is 1.33. The molecule has 3 nitrogen and oxygen atoms in total. The van der Waals surface area contributed by atoms with Gasteiger partial charge in [-0.1, -0.05) is 11.6 Å². The second kappa shape index (κ2) is 6.45. The largest absolute Gasteiger partial charge is 0.396 e. The summed E-state index contributed by atoms with van der Waals surface area (Å²) in [6, 6.07) is 3.91. The van der Waals surface area contributed by atoms with Crippen LogP contribution in [0.25, 0.3) is 0 Å². The van der Waals surface area contributed by atoms with Gasteiger partial charge in [0, 0.05) is 18.7 Å². The van der Waals surface area contributed by atoms with Crippen molar-refractivity contribution in [2.24, 2.45) is 0 Å². The Morgan fingerprint density at radius 1 is 1.44 bits per heavy atom. The molecule has 0 bridgehead atoms. The van der Waals surface area contributed by atoms with Gasteiger partial charge in [0.25, 0.3) is 5.91 Å². The van der Waals surface area contributed by atoms with Crippen molar-refractivity contribution in [3.63, 3.8) is 0 Å². The van der Waals surface area contributed by atoms with E-state index in [-0.39, 0.29) is 23.1 Å². The Morgan fingerprint density at radius 3 is 2.81 bits per heavy atom. The van der Waals surface area contributed by atoms with Crippen LogP contribution >= 0.6 is 11.6 Å². The van der Waals surface area contributed by atoms with Crippen molar-refractivity contribution in [1.82, 2.24) is 5.32 Å². The molecule has 2 N–H and O–H groups in total. The molecule has 0 aliphatic carbocycles. The van der Waals surface area contributed by atoms with Gasteiger partial charge in [0.1, 0.15) is 5.82 Å². The van der Waals surface area contributed by atoms with E-state index in [1.165, 1.54) is 12.1 Å². The van der Waals surface area contributed by atoms with E-state index >= 15 is 0 Å². The van der Waals surface area contributed by atoms with Gasteiger partial charge in [0.15, 0.2) is 0 Å². The summed E-state index contributed by atoms with van der Waals surface area (Å²) in [5.74, 6) is -0.946. The average Bonchev–Trinajstić information content (AvgIpc) is 2.28. The van der Waals surface area contributed by atoms with Gasteiger partial charge in [0.05, 0.1) is 5.02 Å². The molecule has 0 saturated heterocycles. The Labute approximate surface area is 98.2 Å². The molecule has 0 heterocycles. The number of nitrogens with one attached hydrogen (secondary N) is 1. The lowest BCUT2D eigenvalue weighted by molar-refractivity contribution is 0.0951. The summed E-state index contributed by atoms with van der Waals surface area (Å²) in [5.41, 5.74) is 0.242. The molecule has 16 heavy (non-hydrogen) atoms. The molecule has 5 heteroatoms. The van der Waals surface area contributed by atoms with Gasteiger partial charge in [-0.05, 0) is 31.0 Å². The second-order valence-electron chi connectivity index (χ2n) is 3.32. The van der Waals surface area contributed by atoms with Crippen molar-refractivity contribution in [2.45, 2.75) is 12.8 Å². The topological polar surface area (TPSA) is 49.3 Å². The van der Waals surface area contributed by atoms with E-state index in [0.29, 0.717) is 19.4 Å². The zero-order chi connectivity index (χ0) is 12.0. The zero-order valence-corrected chi connectivity index (χ0v) is 9.43. The minimum atomic E-state index is -0.607. The van der Waals surface area contributed by atoms with Crippen LogP contribution in [0.3, 0.4) is 0 Å². The lowest BCUT2D eigenvalue weighted by Gasteiger charge is -2.05. The van der Waals surface area contributed by atoms with Gasteiger partial charge in [-0.15, -0.1) is 0 Å². The first-order valence-electron chi connectivity index (χ1n) is 4.99. The third-order valence-electron chi connectivity index (χ3n) is 2.05. The number of carbonyl (C=O) groups excluding carboxylic acids is 1. The number of amides is 1. The normalized spacial score (nSPS) is 10.2. The SMILES string of the molecule is O=C(NCCCCO)c1ccc(Cl)c(F)c1. The fraction of sp³-hybridized carbons (Fsp3) is 0.364. The van der Waals surface area contributed by atoms with Crippen LogP contribution in [0, 0.1) is 5.82 Å². The lowest BCUT2D eigenvalue weighted by Crippen LogP contribution is -2.24. The molecule has 0 saturated carbocycles. The van der Waals surface area contributed by atoms with Crippen molar-refractivity contribution < 1.29 is 14.3 Å². The van der Waals surface area contributed by atoms with Gasteiger partial charge >= 0.3 is 0 Å². The maximum atomic E-state index is 13.0. The van der Waals surface area contributed by atoms with Gasteiger partial charge in [-0.3, -0.25) is 4.79 Å². The van der Waals surface area contributed by atoms with E-state index in [0.717, 1.165) is 6.07 Å². The van der Waals surface area contributed by atoms with Crippen LogP contribution < -0.4 is 5.32 Å². The maximum Gasteiger partial charge on any atom is 0.251 e. The molecule has 1 rings (SSSR count). The molecule has 0 aliphatic rings. The van der Waals surface area contributed by atoms with E-state index in [1.54, 1.807) is 0 Å². The number of hydrogen-bond acceptors (Lipinski definition) is 2. The molecule has 0 unspecified atom stereocenters. The van der Waals surface area contributed by atoms with E-state index in [1.807, 2.05) is 0 Å². The summed E-state index contributed by atoms with van der Waals surface area (Å²) >= 11 is 5.50. The van der Waals surface area contributed by atoms with Crippen molar-refractivity contribution in [3.8, 4) is 0 Å². The van der Waals surface area contributed by atoms with Gasteiger partial charge in [-0.2, -0.15) is 0 Å². The molecule has 0 fully saturated rings. The summed E-state index contributed by atoms with van der Waals surface area (Å²) < 4.78 is 13.0. The van der Waals surface area contributed by atoms with Crippen LogP contribution in [0.4, 0.5) is 4.39 Å². The number of carbonyl (C=O) groups is 1. The number of halogens is 2. The highest BCUT2D eigenvalue weighted by atomic mass is 35.5. The van der Waals surface area contributed by atoms with E-state index in [2.05, 4.69) is 5.32 Å². The first-order chi connectivity index (χ1) is 7.65. The van der Waals surface area contributed by atoms with Gasteiger partial charge in [0.2, 0.25) is 0 Å². The van der Waals surface area contributed by atoms with Crippen LogP contribution in [0.2, 0.25) is 5.02 Å². The smallest absolute Gasteiger partial charge is 0.251 e. The molecule has 1 aromatic rings. The summed E-state index contributed by atoms with van der Waals surface area (Å²) in [7, 11) is 0. The monoisotopic (exact) mass is 245 g/mol. The van der Waals surface area contributed by atoms with Crippen LogP contribution in [0.5, 0.6) is 0 Å². The van der Waals surface area contributed by atoms with Crippen LogP contribution in [-0.4, -0.2) is 24.2 Å². The minimum absolute atomic E-state index is 0.00293. The Kier molecular flexibility index (Phi) is 5.22. The van der Waals surface area contributed by atoms with Crippen LogP contribution in [0.15, 0.2) is 18.2 Å². The molecular formula is C11H13ClFNO2. The zero-order valence-electron chi connectivity index (χ0n) is 8.67. The molecule has 0 aliphatic heterocycles. The van der Waals surface area contributed by atoms with Crippen LogP contribution in [0.1, 0.15) is 23.2 Å². The summed E-state index contributed by atoms with van der Waals surface area (Å²) in [6.45, 7) is 0.565. The summed E-state index contributed by atoms with van der Waals surface area (Å²) in [4.78, 5) is 11.5. The Bertz CT molecular complexity index is 371. The fourth-order valence-electron chi connectivity index (χ4n) is 1.18. The molecule has 0 aromatic heterocycles. The average molecular weight is 246 g/mol. The first kappa shape index (κ1) is 12.9.